The molecule has 0 amide bonds. The molecule has 1 unspecified atom stereocenters. The number of hydrogen-bond donors (Lipinski definition) is 1. The largest absolute Gasteiger partial charge is 0.396 e. The summed E-state index contributed by atoms with van der Waals surface area (Å²) in [5.41, 5.74) is 1.24. The van der Waals surface area contributed by atoms with Crippen molar-refractivity contribution in [2.45, 2.75) is 26.2 Å². The second-order valence-electron chi connectivity index (χ2n) is 3.39. The highest BCUT2D eigenvalue weighted by molar-refractivity contribution is 7.11. The average Bonchev–Trinajstić information content (AvgIpc) is 2.43. The SMILES string of the molecule is Cc1nc2c(s1)CCC(CO)C2. The van der Waals surface area contributed by atoms with E-state index in [0.717, 1.165) is 19.3 Å². The van der Waals surface area contributed by atoms with Crippen LogP contribution in [0.5, 0.6) is 0 Å². The molecule has 0 aromatic carbocycles. The van der Waals surface area contributed by atoms with Crippen molar-refractivity contribution in [1.29, 1.82) is 0 Å². The summed E-state index contributed by atoms with van der Waals surface area (Å²) in [4.78, 5) is 5.90. The van der Waals surface area contributed by atoms with Gasteiger partial charge in [-0.05, 0) is 32.1 Å². The van der Waals surface area contributed by atoms with E-state index in [4.69, 9.17) is 5.11 Å². The van der Waals surface area contributed by atoms with Crippen LogP contribution in [0.2, 0.25) is 0 Å². The van der Waals surface area contributed by atoms with Gasteiger partial charge in [-0.25, -0.2) is 4.98 Å². The van der Waals surface area contributed by atoms with E-state index in [2.05, 4.69) is 11.9 Å². The van der Waals surface area contributed by atoms with Crippen LogP contribution in [-0.4, -0.2) is 16.7 Å². The van der Waals surface area contributed by atoms with E-state index in [-0.39, 0.29) is 0 Å². The Hall–Kier alpha value is -0.410. The fourth-order valence-electron chi connectivity index (χ4n) is 1.73. The van der Waals surface area contributed by atoms with E-state index in [1.807, 2.05) is 11.3 Å². The van der Waals surface area contributed by atoms with Gasteiger partial charge in [0.05, 0.1) is 10.7 Å². The fraction of sp³-hybridized carbons (Fsp3) is 0.667. The molecule has 0 saturated heterocycles. The van der Waals surface area contributed by atoms with Crippen LogP contribution in [0.1, 0.15) is 22.0 Å². The molecule has 1 atom stereocenters. The number of aryl methyl sites for hydroxylation is 2. The van der Waals surface area contributed by atoms with Gasteiger partial charge in [-0.2, -0.15) is 0 Å². The standard InChI is InChI=1S/C9H13NOS/c1-6-10-8-4-7(5-11)2-3-9(8)12-6/h7,11H,2-5H2,1H3. The van der Waals surface area contributed by atoms with Crippen LogP contribution in [0.15, 0.2) is 0 Å². The second-order valence-corrected chi connectivity index (χ2v) is 4.68. The Morgan fingerprint density at radius 3 is 3.25 bits per heavy atom. The van der Waals surface area contributed by atoms with Gasteiger partial charge in [0.25, 0.3) is 0 Å². The molecule has 0 spiro atoms. The Bertz CT molecular complexity index is 282. The molecule has 1 N–H and O–H groups in total. The van der Waals surface area contributed by atoms with Crippen LogP contribution in [0.4, 0.5) is 0 Å². The molecule has 0 radical (unpaired) electrons. The van der Waals surface area contributed by atoms with E-state index >= 15 is 0 Å². The maximum atomic E-state index is 9.00. The summed E-state index contributed by atoms with van der Waals surface area (Å²) in [7, 11) is 0. The predicted octanol–water partition coefficient (Wildman–Crippen LogP) is 1.55. The fourth-order valence-corrected chi connectivity index (χ4v) is 2.71. The van der Waals surface area contributed by atoms with Gasteiger partial charge in [-0.1, -0.05) is 0 Å². The van der Waals surface area contributed by atoms with Crippen molar-refractivity contribution in [2.75, 3.05) is 6.61 Å². The van der Waals surface area contributed by atoms with Crippen LogP contribution in [-0.2, 0) is 12.8 Å². The molecule has 0 fully saturated rings. The van der Waals surface area contributed by atoms with Crippen LogP contribution in [0, 0.1) is 12.8 Å². The highest BCUT2D eigenvalue weighted by Crippen LogP contribution is 2.28. The number of rotatable bonds is 1. The number of hydrogen-bond acceptors (Lipinski definition) is 3. The van der Waals surface area contributed by atoms with Crippen LogP contribution >= 0.6 is 11.3 Å². The first-order valence-electron chi connectivity index (χ1n) is 4.35. The lowest BCUT2D eigenvalue weighted by Crippen LogP contribution is -2.16. The van der Waals surface area contributed by atoms with Gasteiger partial charge in [-0.15, -0.1) is 11.3 Å². The molecule has 3 heteroatoms. The first-order chi connectivity index (χ1) is 5.79. The molecule has 1 heterocycles. The van der Waals surface area contributed by atoms with Gasteiger partial charge in [0.2, 0.25) is 0 Å². The molecule has 1 aromatic heterocycles. The number of aliphatic hydroxyl groups excluding tert-OH is 1. The third-order valence-corrected chi connectivity index (χ3v) is 3.48. The lowest BCUT2D eigenvalue weighted by Gasteiger charge is -2.18. The molecule has 2 rings (SSSR count). The van der Waals surface area contributed by atoms with E-state index < -0.39 is 0 Å². The number of aromatic nitrogens is 1. The molecular formula is C9H13NOS. The lowest BCUT2D eigenvalue weighted by molar-refractivity contribution is 0.213. The lowest BCUT2D eigenvalue weighted by atomic mass is 9.92. The Balaban J connectivity index is 2.22. The normalized spacial score (nSPS) is 22.3. The van der Waals surface area contributed by atoms with E-state index in [1.165, 1.54) is 15.6 Å². The van der Waals surface area contributed by atoms with Crippen molar-refractivity contribution >= 4 is 11.3 Å². The topological polar surface area (TPSA) is 33.1 Å². The summed E-state index contributed by atoms with van der Waals surface area (Å²) >= 11 is 1.81. The number of thiazole rings is 1. The Kier molecular flexibility index (Phi) is 2.15. The molecule has 1 aromatic rings. The van der Waals surface area contributed by atoms with Gasteiger partial charge in [0, 0.05) is 11.5 Å². The molecule has 12 heavy (non-hydrogen) atoms. The Labute approximate surface area is 76.3 Å². The zero-order valence-corrected chi connectivity index (χ0v) is 8.02. The molecular weight excluding hydrogens is 170 g/mol. The first kappa shape index (κ1) is 8.20. The molecule has 2 nitrogen and oxygen atoms in total. The van der Waals surface area contributed by atoms with Crippen LogP contribution in [0.25, 0.3) is 0 Å². The zero-order valence-electron chi connectivity index (χ0n) is 7.21. The smallest absolute Gasteiger partial charge is 0.0900 e. The summed E-state index contributed by atoms with van der Waals surface area (Å²) in [6, 6.07) is 0. The minimum Gasteiger partial charge on any atom is -0.396 e. The molecule has 0 bridgehead atoms. The van der Waals surface area contributed by atoms with Crippen molar-refractivity contribution < 1.29 is 5.11 Å². The second kappa shape index (κ2) is 3.15. The number of nitrogens with zero attached hydrogens (tertiary/aromatic N) is 1. The maximum Gasteiger partial charge on any atom is 0.0900 e. The third-order valence-electron chi connectivity index (χ3n) is 2.41. The highest BCUT2D eigenvalue weighted by Gasteiger charge is 2.20. The molecule has 0 aliphatic heterocycles. The van der Waals surface area contributed by atoms with Crippen molar-refractivity contribution in [3.63, 3.8) is 0 Å². The monoisotopic (exact) mass is 183 g/mol. The average molecular weight is 183 g/mol. The molecule has 0 saturated carbocycles. The molecule has 1 aliphatic carbocycles. The summed E-state index contributed by atoms with van der Waals surface area (Å²) in [6.07, 6.45) is 3.23. The van der Waals surface area contributed by atoms with Gasteiger partial charge in [-0.3, -0.25) is 0 Å². The Morgan fingerprint density at radius 1 is 1.67 bits per heavy atom. The minimum atomic E-state index is 0.315. The summed E-state index contributed by atoms with van der Waals surface area (Å²) in [6.45, 7) is 2.37. The van der Waals surface area contributed by atoms with Crippen molar-refractivity contribution in [3.05, 3.63) is 15.6 Å². The van der Waals surface area contributed by atoms with Gasteiger partial charge < -0.3 is 5.11 Å². The third kappa shape index (κ3) is 1.39. The van der Waals surface area contributed by atoms with E-state index in [1.54, 1.807) is 0 Å². The van der Waals surface area contributed by atoms with E-state index in [0.29, 0.717) is 12.5 Å². The van der Waals surface area contributed by atoms with Crippen LogP contribution < -0.4 is 0 Å². The molecule has 66 valence electrons. The van der Waals surface area contributed by atoms with E-state index in [9.17, 15) is 0 Å². The van der Waals surface area contributed by atoms with Crippen LogP contribution in [0.3, 0.4) is 0 Å². The molecule has 1 aliphatic rings. The minimum absolute atomic E-state index is 0.315. The summed E-state index contributed by atoms with van der Waals surface area (Å²) < 4.78 is 0. The van der Waals surface area contributed by atoms with Crippen molar-refractivity contribution in [3.8, 4) is 0 Å². The van der Waals surface area contributed by atoms with Gasteiger partial charge in [0.15, 0.2) is 0 Å². The van der Waals surface area contributed by atoms with Crippen molar-refractivity contribution in [2.24, 2.45) is 5.92 Å². The van der Waals surface area contributed by atoms with Gasteiger partial charge >= 0.3 is 0 Å². The summed E-state index contributed by atoms with van der Waals surface area (Å²) in [5.74, 6) is 0.457. The number of aliphatic hydroxyl groups is 1. The van der Waals surface area contributed by atoms with Gasteiger partial charge in [0.1, 0.15) is 0 Å². The van der Waals surface area contributed by atoms with Crippen molar-refractivity contribution in [1.82, 2.24) is 4.98 Å². The zero-order chi connectivity index (χ0) is 8.55. The maximum absolute atomic E-state index is 9.00. The first-order valence-corrected chi connectivity index (χ1v) is 5.17. The quantitative estimate of drug-likeness (QED) is 0.716. The summed E-state index contributed by atoms with van der Waals surface area (Å²) in [5, 5.41) is 10.2. The highest BCUT2D eigenvalue weighted by atomic mass is 32.1. The number of fused-ring (bicyclic) bond motifs is 1. The Morgan fingerprint density at radius 2 is 2.50 bits per heavy atom. The predicted molar refractivity (Wildman–Crippen MR) is 49.5 cm³/mol.